The Morgan fingerprint density at radius 1 is 1.29 bits per heavy atom. The SMILES string of the molecule is CNC1CCCC1CCS(=O)CCS(C)(=O)=O. The van der Waals surface area contributed by atoms with Gasteiger partial charge in [-0.3, -0.25) is 4.21 Å². The Morgan fingerprint density at radius 3 is 2.59 bits per heavy atom. The first kappa shape index (κ1) is 15.1. The number of hydrogen-bond acceptors (Lipinski definition) is 4. The molecule has 0 bridgehead atoms. The standard InChI is InChI=1S/C11H23NO3S2/c1-12-11-5-3-4-10(11)6-7-16(13)8-9-17(2,14)15/h10-12H,3-9H2,1-2H3. The Kier molecular flexibility index (Phi) is 6.09. The average molecular weight is 281 g/mol. The van der Waals surface area contributed by atoms with Crippen LogP contribution in [-0.4, -0.2) is 49.2 Å². The van der Waals surface area contributed by atoms with Crippen LogP contribution in [-0.2, 0) is 20.6 Å². The molecule has 1 fully saturated rings. The second-order valence-electron chi connectivity index (χ2n) is 4.85. The van der Waals surface area contributed by atoms with Crippen LogP contribution in [0.3, 0.4) is 0 Å². The molecule has 0 heterocycles. The fourth-order valence-corrected chi connectivity index (χ4v) is 5.12. The monoisotopic (exact) mass is 281 g/mol. The van der Waals surface area contributed by atoms with E-state index in [2.05, 4.69) is 5.32 Å². The number of nitrogens with one attached hydrogen (secondary N) is 1. The van der Waals surface area contributed by atoms with Crippen LogP contribution in [0, 0.1) is 5.92 Å². The van der Waals surface area contributed by atoms with Gasteiger partial charge in [0.05, 0.1) is 5.75 Å². The Hall–Kier alpha value is 0.0600. The molecule has 0 aromatic rings. The summed E-state index contributed by atoms with van der Waals surface area (Å²) in [5, 5.41) is 3.30. The summed E-state index contributed by atoms with van der Waals surface area (Å²) in [6, 6.07) is 0.557. The van der Waals surface area contributed by atoms with Crippen molar-refractivity contribution in [2.24, 2.45) is 5.92 Å². The van der Waals surface area contributed by atoms with Crippen molar-refractivity contribution in [3.8, 4) is 0 Å². The molecule has 1 aliphatic rings. The predicted octanol–water partition coefficient (Wildman–Crippen LogP) is 0.558. The summed E-state index contributed by atoms with van der Waals surface area (Å²) in [4.78, 5) is 0. The second kappa shape index (κ2) is 6.85. The Bertz CT molecular complexity index is 354. The summed E-state index contributed by atoms with van der Waals surface area (Å²) in [7, 11) is -1.99. The minimum absolute atomic E-state index is 0.0414. The van der Waals surface area contributed by atoms with Gasteiger partial charge >= 0.3 is 0 Å². The van der Waals surface area contributed by atoms with E-state index >= 15 is 0 Å². The van der Waals surface area contributed by atoms with Crippen LogP contribution in [0.5, 0.6) is 0 Å². The van der Waals surface area contributed by atoms with Crippen LogP contribution in [0.25, 0.3) is 0 Å². The number of rotatable bonds is 7. The fourth-order valence-electron chi connectivity index (χ4n) is 2.39. The lowest BCUT2D eigenvalue weighted by Gasteiger charge is -2.18. The summed E-state index contributed by atoms with van der Waals surface area (Å²) in [6.45, 7) is 0. The van der Waals surface area contributed by atoms with Crippen LogP contribution in [0.4, 0.5) is 0 Å². The van der Waals surface area contributed by atoms with Gasteiger partial charge in [0.1, 0.15) is 9.84 Å². The van der Waals surface area contributed by atoms with E-state index in [4.69, 9.17) is 0 Å². The maximum absolute atomic E-state index is 11.7. The van der Waals surface area contributed by atoms with Gasteiger partial charge in [0.15, 0.2) is 0 Å². The molecule has 4 nitrogen and oxygen atoms in total. The first-order valence-corrected chi connectivity index (χ1v) is 9.67. The average Bonchev–Trinajstić information content (AvgIpc) is 2.69. The molecule has 102 valence electrons. The van der Waals surface area contributed by atoms with Gasteiger partial charge in [-0.2, -0.15) is 0 Å². The third-order valence-corrected chi connectivity index (χ3v) is 5.98. The minimum Gasteiger partial charge on any atom is -0.317 e. The molecule has 1 saturated carbocycles. The summed E-state index contributed by atoms with van der Waals surface area (Å²) in [5.41, 5.74) is 0. The normalized spacial score (nSPS) is 27.2. The molecule has 0 amide bonds. The zero-order valence-electron chi connectivity index (χ0n) is 10.6. The third-order valence-electron chi connectivity index (χ3n) is 3.43. The molecule has 0 aromatic heterocycles. The van der Waals surface area contributed by atoms with Gasteiger partial charge < -0.3 is 5.32 Å². The Balaban J connectivity index is 2.24. The molecule has 0 radical (unpaired) electrons. The largest absolute Gasteiger partial charge is 0.317 e. The first-order chi connectivity index (χ1) is 7.92. The molecule has 17 heavy (non-hydrogen) atoms. The molecular weight excluding hydrogens is 258 g/mol. The van der Waals surface area contributed by atoms with Crippen LogP contribution < -0.4 is 5.32 Å². The highest BCUT2D eigenvalue weighted by Gasteiger charge is 2.25. The van der Waals surface area contributed by atoms with Gasteiger partial charge in [-0.15, -0.1) is 0 Å². The Labute approximate surface area is 107 Å². The van der Waals surface area contributed by atoms with Crippen molar-refractivity contribution < 1.29 is 12.6 Å². The van der Waals surface area contributed by atoms with Crippen LogP contribution in [0.15, 0.2) is 0 Å². The van der Waals surface area contributed by atoms with Gasteiger partial charge in [-0.1, -0.05) is 6.42 Å². The molecule has 0 spiro atoms. The van der Waals surface area contributed by atoms with Crippen LogP contribution >= 0.6 is 0 Å². The lowest BCUT2D eigenvalue weighted by atomic mass is 10.0. The van der Waals surface area contributed by atoms with Crippen molar-refractivity contribution in [2.45, 2.75) is 31.7 Å². The lowest BCUT2D eigenvalue weighted by molar-refractivity contribution is 0.416. The van der Waals surface area contributed by atoms with Gasteiger partial charge in [0.25, 0.3) is 0 Å². The molecule has 1 aliphatic carbocycles. The van der Waals surface area contributed by atoms with E-state index in [-0.39, 0.29) is 11.5 Å². The van der Waals surface area contributed by atoms with E-state index in [1.54, 1.807) is 0 Å². The topological polar surface area (TPSA) is 63.2 Å². The maximum atomic E-state index is 11.7. The van der Waals surface area contributed by atoms with Gasteiger partial charge in [0, 0.05) is 34.6 Å². The highest BCUT2D eigenvalue weighted by Crippen LogP contribution is 2.28. The molecular formula is C11H23NO3S2. The zero-order valence-corrected chi connectivity index (χ0v) is 12.3. The zero-order chi connectivity index (χ0) is 12.9. The molecule has 0 saturated heterocycles. The molecule has 3 unspecified atom stereocenters. The third kappa shape index (κ3) is 5.97. The molecule has 6 heteroatoms. The first-order valence-electron chi connectivity index (χ1n) is 6.12. The highest BCUT2D eigenvalue weighted by atomic mass is 32.2. The summed E-state index contributed by atoms with van der Waals surface area (Å²) in [5.74, 6) is 1.58. The van der Waals surface area contributed by atoms with Gasteiger partial charge in [-0.05, 0) is 32.2 Å². The smallest absolute Gasteiger partial charge is 0.148 e. The van der Waals surface area contributed by atoms with E-state index in [0.29, 0.717) is 17.7 Å². The van der Waals surface area contributed by atoms with E-state index in [9.17, 15) is 12.6 Å². The molecule has 0 aromatic carbocycles. The lowest BCUT2D eigenvalue weighted by Crippen LogP contribution is -2.30. The summed E-state index contributed by atoms with van der Waals surface area (Å²) in [6.07, 6.45) is 5.79. The second-order valence-corrected chi connectivity index (χ2v) is 8.81. The van der Waals surface area contributed by atoms with Crippen molar-refractivity contribution >= 4 is 20.6 Å². The van der Waals surface area contributed by atoms with Crippen molar-refractivity contribution in [3.05, 3.63) is 0 Å². The predicted molar refractivity (Wildman–Crippen MR) is 72.4 cm³/mol. The van der Waals surface area contributed by atoms with Crippen molar-refractivity contribution in [1.82, 2.24) is 5.32 Å². The maximum Gasteiger partial charge on any atom is 0.148 e. The molecule has 0 aliphatic heterocycles. The van der Waals surface area contributed by atoms with Gasteiger partial charge in [0.2, 0.25) is 0 Å². The minimum atomic E-state index is -2.98. The van der Waals surface area contributed by atoms with Crippen molar-refractivity contribution in [3.63, 3.8) is 0 Å². The van der Waals surface area contributed by atoms with E-state index in [1.165, 1.54) is 25.5 Å². The quantitative estimate of drug-likeness (QED) is 0.740. The van der Waals surface area contributed by atoms with E-state index in [0.717, 1.165) is 6.42 Å². The summed E-state index contributed by atoms with van der Waals surface area (Å²) >= 11 is 0. The highest BCUT2D eigenvalue weighted by molar-refractivity contribution is 7.92. The van der Waals surface area contributed by atoms with Gasteiger partial charge in [-0.25, -0.2) is 8.42 Å². The summed E-state index contributed by atoms with van der Waals surface area (Å²) < 4.78 is 33.6. The van der Waals surface area contributed by atoms with Crippen molar-refractivity contribution in [1.29, 1.82) is 0 Å². The number of sulfone groups is 1. The number of hydrogen-bond donors (Lipinski definition) is 1. The van der Waals surface area contributed by atoms with E-state index < -0.39 is 20.6 Å². The van der Waals surface area contributed by atoms with E-state index in [1.807, 2.05) is 7.05 Å². The van der Waals surface area contributed by atoms with Crippen molar-refractivity contribution in [2.75, 3.05) is 30.6 Å². The molecule has 1 N–H and O–H groups in total. The Morgan fingerprint density at radius 2 is 2.00 bits per heavy atom. The molecule has 3 atom stereocenters. The van der Waals surface area contributed by atoms with Crippen LogP contribution in [0.1, 0.15) is 25.7 Å². The fraction of sp³-hybridized carbons (Fsp3) is 1.00. The van der Waals surface area contributed by atoms with Crippen LogP contribution in [0.2, 0.25) is 0 Å². The molecule has 1 rings (SSSR count).